The van der Waals surface area contributed by atoms with Crippen LogP contribution in [-0.4, -0.2) is 17.4 Å². The van der Waals surface area contributed by atoms with Crippen LogP contribution in [0.4, 0.5) is 0 Å². The molecular weight excluding hydrogens is 268 g/mol. The molecule has 4 heteroatoms. The lowest BCUT2D eigenvalue weighted by Crippen LogP contribution is -2.30. The van der Waals surface area contributed by atoms with Crippen LogP contribution in [0.15, 0.2) is 41.8 Å². The van der Waals surface area contributed by atoms with Gasteiger partial charge in [0.2, 0.25) is 0 Å². The number of hydrogen-bond acceptors (Lipinski definition) is 3. The van der Waals surface area contributed by atoms with Crippen molar-refractivity contribution < 1.29 is 4.79 Å². The van der Waals surface area contributed by atoms with Gasteiger partial charge in [0.15, 0.2) is 0 Å². The summed E-state index contributed by atoms with van der Waals surface area (Å²) in [6.45, 7) is 0.807. The number of hydrogen-bond donors (Lipinski definition) is 0. The Balaban J connectivity index is 1.84. The molecule has 0 aliphatic carbocycles. The third-order valence-corrected chi connectivity index (χ3v) is 4.62. The zero-order valence-corrected chi connectivity index (χ0v) is 11.8. The fourth-order valence-corrected chi connectivity index (χ4v) is 3.51. The van der Waals surface area contributed by atoms with Gasteiger partial charge in [-0.15, -0.1) is 11.3 Å². The van der Waals surface area contributed by atoms with Crippen molar-refractivity contribution in [2.75, 3.05) is 6.54 Å². The molecule has 1 unspecified atom stereocenters. The SMILES string of the molecule is N#Cc1ccc(C(=O)N2CCCC2c2cccs2)cc1. The molecule has 0 spiro atoms. The van der Waals surface area contributed by atoms with Crippen LogP contribution in [-0.2, 0) is 0 Å². The van der Waals surface area contributed by atoms with Crippen molar-refractivity contribution in [2.24, 2.45) is 0 Å². The summed E-state index contributed by atoms with van der Waals surface area (Å²) in [5.41, 5.74) is 1.24. The molecule has 1 aromatic carbocycles. The number of likely N-dealkylation sites (tertiary alicyclic amines) is 1. The third-order valence-electron chi connectivity index (χ3n) is 3.65. The molecule has 1 saturated heterocycles. The number of rotatable bonds is 2. The summed E-state index contributed by atoms with van der Waals surface area (Å²) in [5, 5.41) is 10.9. The summed E-state index contributed by atoms with van der Waals surface area (Å²) in [5.74, 6) is 0.0605. The van der Waals surface area contributed by atoms with Gasteiger partial charge in [-0.3, -0.25) is 4.79 Å². The lowest BCUT2D eigenvalue weighted by Gasteiger charge is -2.24. The van der Waals surface area contributed by atoms with Gasteiger partial charge in [0.1, 0.15) is 0 Å². The highest BCUT2D eigenvalue weighted by atomic mass is 32.1. The average Bonchev–Trinajstić information content (AvgIpc) is 3.16. The van der Waals surface area contributed by atoms with E-state index in [1.165, 1.54) is 4.88 Å². The Labute approximate surface area is 122 Å². The lowest BCUT2D eigenvalue weighted by atomic mass is 10.1. The van der Waals surface area contributed by atoms with E-state index in [1.807, 2.05) is 11.0 Å². The van der Waals surface area contributed by atoms with Crippen LogP contribution in [0.2, 0.25) is 0 Å². The van der Waals surface area contributed by atoms with Crippen molar-refractivity contribution in [1.82, 2.24) is 4.90 Å². The lowest BCUT2D eigenvalue weighted by molar-refractivity contribution is 0.0738. The molecule has 2 aromatic rings. The topological polar surface area (TPSA) is 44.1 Å². The van der Waals surface area contributed by atoms with E-state index in [4.69, 9.17) is 5.26 Å². The van der Waals surface area contributed by atoms with Gasteiger partial charge in [0.25, 0.3) is 5.91 Å². The zero-order valence-electron chi connectivity index (χ0n) is 11.0. The van der Waals surface area contributed by atoms with Crippen LogP contribution in [0.5, 0.6) is 0 Å². The predicted octanol–water partition coefficient (Wildman–Crippen LogP) is 3.60. The first kappa shape index (κ1) is 12.9. The maximum atomic E-state index is 12.6. The second kappa shape index (κ2) is 5.48. The van der Waals surface area contributed by atoms with Gasteiger partial charge in [0, 0.05) is 17.0 Å². The Morgan fingerprint density at radius 3 is 2.75 bits per heavy atom. The molecule has 0 radical (unpaired) electrons. The van der Waals surface area contributed by atoms with E-state index in [-0.39, 0.29) is 11.9 Å². The van der Waals surface area contributed by atoms with Gasteiger partial charge in [0.05, 0.1) is 17.7 Å². The molecular formula is C16H14N2OS. The van der Waals surface area contributed by atoms with Gasteiger partial charge in [-0.2, -0.15) is 5.26 Å². The van der Waals surface area contributed by atoms with E-state index < -0.39 is 0 Å². The first-order valence-electron chi connectivity index (χ1n) is 6.64. The molecule has 1 fully saturated rings. The van der Waals surface area contributed by atoms with E-state index in [2.05, 4.69) is 17.5 Å². The summed E-state index contributed by atoms with van der Waals surface area (Å²) in [6, 6.07) is 13.3. The predicted molar refractivity (Wildman–Crippen MR) is 78.5 cm³/mol. The first-order valence-corrected chi connectivity index (χ1v) is 7.52. The molecule has 2 heterocycles. The fourth-order valence-electron chi connectivity index (χ4n) is 2.64. The zero-order chi connectivity index (χ0) is 13.9. The maximum absolute atomic E-state index is 12.6. The number of carbonyl (C=O) groups excluding carboxylic acids is 1. The Hall–Kier alpha value is -2.12. The molecule has 1 amide bonds. The highest BCUT2D eigenvalue weighted by molar-refractivity contribution is 7.10. The number of thiophene rings is 1. The molecule has 3 nitrogen and oxygen atoms in total. The van der Waals surface area contributed by atoms with E-state index in [9.17, 15) is 4.79 Å². The normalized spacial score (nSPS) is 17.9. The molecule has 100 valence electrons. The molecule has 1 aromatic heterocycles. The number of nitriles is 1. The quantitative estimate of drug-likeness (QED) is 0.844. The van der Waals surface area contributed by atoms with Crippen LogP contribution in [0.25, 0.3) is 0 Å². The van der Waals surface area contributed by atoms with Crippen molar-refractivity contribution in [3.05, 3.63) is 57.8 Å². The molecule has 0 saturated carbocycles. The van der Waals surface area contributed by atoms with Crippen LogP contribution in [0.3, 0.4) is 0 Å². The van der Waals surface area contributed by atoms with Crippen molar-refractivity contribution >= 4 is 17.2 Å². The Morgan fingerprint density at radius 2 is 2.10 bits per heavy atom. The minimum Gasteiger partial charge on any atom is -0.331 e. The van der Waals surface area contributed by atoms with Gasteiger partial charge in [-0.25, -0.2) is 0 Å². The van der Waals surface area contributed by atoms with Crippen LogP contribution in [0, 0.1) is 11.3 Å². The molecule has 1 aliphatic rings. The van der Waals surface area contributed by atoms with Crippen molar-refractivity contribution in [1.29, 1.82) is 5.26 Å². The van der Waals surface area contributed by atoms with E-state index in [0.29, 0.717) is 11.1 Å². The molecule has 20 heavy (non-hydrogen) atoms. The third kappa shape index (κ3) is 2.33. The summed E-state index contributed by atoms with van der Waals surface area (Å²) in [7, 11) is 0. The maximum Gasteiger partial charge on any atom is 0.254 e. The molecule has 1 atom stereocenters. The number of carbonyl (C=O) groups is 1. The van der Waals surface area contributed by atoms with Gasteiger partial charge < -0.3 is 4.90 Å². The summed E-state index contributed by atoms with van der Waals surface area (Å²) < 4.78 is 0. The molecule has 3 rings (SSSR count). The molecule has 0 bridgehead atoms. The van der Waals surface area contributed by atoms with Crippen LogP contribution < -0.4 is 0 Å². The molecule has 1 aliphatic heterocycles. The number of benzene rings is 1. The highest BCUT2D eigenvalue weighted by Crippen LogP contribution is 2.35. The Bertz CT molecular complexity index is 640. The monoisotopic (exact) mass is 282 g/mol. The summed E-state index contributed by atoms with van der Waals surface area (Å²) >= 11 is 1.71. The molecule has 0 N–H and O–H groups in total. The standard InChI is InChI=1S/C16H14N2OS/c17-11-12-5-7-13(8-6-12)16(19)18-9-1-3-14(18)15-4-2-10-20-15/h2,4-8,10,14H,1,3,9H2. The smallest absolute Gasteiger partial charge is 0.254 e. The van der Waals surface area contributed by atoms with E-state index in [0.717, 1.165) is 19.4 Å². The minimum absolute atomic E-state index is 0.0605. The highest BCUT2D eigenvalue weighted by Gasteiger charge is 2.31. The average molecular weight is 282 g/mol. The van der Waals surface area contributed by atoms with Crippen molar-refractivity contribution in [3.63, 3.8) is 0 Å². The summed E-state index contributed by atoms with van der Waals surface area (Å²) in [6.07, 6.45) is 2.08. The van der Waals surface area contributed by atoms with Crippen molar-refractivity contribution in [2.45, 2.75) is 18.9 Å². The van der Waals surface area contributed by atoms with Gasteiger partial charge in [-0.05, 0) is 48.6 Å². The van der Waals surface area contributed by atoms with Crippen molar-refractivity contribution in [3.8, 4) is 6.07 Å². The van der Waals surface area contributed by atoms with Gasteiger partial charge >= 0.3 is 0 Å². The number of amides is 1. The summed E-state index contributed by atoms with van der Waals surface area (Å²) in [4.78, 5) is 15.8. The Kier molecular flexibility index (Phi) is 3.53. The van der Waals surface area contributed by atoms with E-state index in [1.54, 1.807) is 35.6 Å². The first-order chi connectivity index (χ1) is 9.79. The van der Waals surface area contributed by atoms with Crippen LogP contribution >= 0.6 is 11.3 Å². The second-order valence-corrected chi connectivity index (χ2v) is 5.84. The van der Waals surface area contributed by atoms with Crippen LogP contribution in [0.1, 0.15) is 39.7 Å². The second-order valence-electron chi connectivity index (χ2n) is 4.86. The minimum atomic E-state index is 0.0605. The fraction of sp³-hybridized carbons (Fsp3) is 0.250. The van der Waals surface area contributed by atoms with E-state index >= 15 is 0 Å². The number of nitrogens with zero attached hydrogens (tertiary/aromatic N) is 2. The van der Waals surface area contributed by atoms with Gasteiger partial charge in [-0.1, -0.05) is 6.07 Å². The largest absolute Gasteiger partial charge is 0.331 e. The Morgan fingerprint density at radius 1 is 1.30 bits per heavy atom.